The van der Waals surface area contributed by atoms with Crippen LogP contribution in [-0.2, 0) is 21.2 Å². The molecule has 1 heterocycles. The summed E-state index contributed by atoms with van der Waals surface area (Å²) in [7, 11) is -3.47. The Morgan fingerprint density at radius 2 is 2.26 bits per heavy atom. The van der Waals surface area contributed by atoms with Crippen molar-refractivity contribution in [3.05, 3.63) is 23.8 Å². The Kier molecular flexibility index (Phi) is 4.44. The molecule has 1 aliphatic heterocycles. The van der Waals surface area contributed by atoms with Crippen molar-refractivity contribution in [2.75, 3.05) is 25.0 Å². The molecule has 0 spiro atoms. The molecule has 1 atom stereocenters. The molecule has 2 N–H and O–H groups in total. The van der Waals surface area contributed by atoms with Gasteiger partial charge in [0.25, 0.3) is 0 Å². The average molecular weight is 284 g/mol. The van der Waals surface area contributed by atoms with E-state index in [1.165, 1.54) is 5.56 Å². The van der Waals surface area contributed by atoms with Crippen LogP contribution in [-0.4, -0.2) is 34.2 Å². The molecule has 0 saturated heterocycles. The van der Waals surface area contributed by atoms with Gasteiger partial charge in [-0.25, -0.2) is 13.1 Å². The van der Waals surface area contributed by atoms with Crippen molar-refractivity contribution in [3.63, 3.8) is 0 Å². The maximum Gasteiger partial charge on any atom is 0.240 e. The molecule has 1 aromatic carbocycles. The Balaban J connectivity index is 2.07. The smallest absolute Gasteiger partial charge is 0.240 e. The highest BCUT2D eigenvalue weighted by atomic mass is 32.2. The van der Waals surface area contributed by atoms with Crippen molar-refractivity contribution in [2.45, 2.75) is 31.3 Å². The topological polar surface area (TPSA) is 67.4 Å². The number of hydrogen-bond acceptors (Lipinski definition) is 4. The Morgan fingerprint density at radius 1 is 1.47 bits per heavy atom. The maximum absolute atomic E-state index is 12.1. The van der Waals surface area contributed by atoms with Crippen molar-refractivity contribution in [3.8, 4) is 0 Å². The number of hydrogen-bond donors (Lipinski definition) is 2. The van der Waals surface area contributed by atoms with Gasteiger partial charge >= 0.3 is 0 Å². The first-order valence-corrected chi connectivity index (χ1v) is 7.99. The standard InChI is InChI=1S/C13H20N2O3S/c1-3-18-10(2)9-15-19(16,17)12-5-4-11-6-7-14-13(11)8-12/h4-5,8,10,14-15H,3,6-7,9H2,1-2H3. The van der Waals surface area contributed by atoms with Crippen LogP contribution in [0.2, 0.25) is 0 Å². The van der Waals surface area contributed by atoms with Crippen LogP contribution < -0.4 is 10.0 Å². The van der Waals surface area contributed by atoms with E-state index in [-0.39, 0.29) is 12.6 Å². The molecule has 1 unspecified atom stereocenters. The minimum absolute atomic E-state index is 0.132. The first kappa shape index (κ1) is 14.3. The zero-order valence-corrected chi connectivity index (χ0v) is 12.1. The van der Waals surface area contributed by atoms with E-state index in [4.69, 9.17) is 4.74 Å². The maximum atomic E-state index is 12.1. The molecule has 0 bridgehead atoms. The Labute approximate surface area is 114 Å². The average Bonchev–Trinajstić information content (AvgIpc) is 2.84. The predicted octanol–water partition coefficient (Wildman–Crippen LogP) is 1.36. The number of ether oxygens (including phenoxy) is 1. The zero-order chi connectivity index (χ0) is 13.9. The molecule has 1 aliphatic rings. The second kappa shape index (κ2) is 5.90. The second-order valence-electron chi connectivity index (χ2n) is 4.61. The van der Waals surface area contributed by atoms with Crippen LogP contribution >= 0.6 is 0 Å². The van der Waals surface area contributed by atoms with Crippen molar-refractivity contribution in [2.24, 2.45) is 0 Å². The van der Waals surface area contributed by atoms with Crippen molar-refractivity contribution in [1.29, 1.82) is 0 Å². The van der Waals surface area contributed by atoms with Gasteiger partial charge in [0.2, 0.25) is 10.0 Å². The summed E-state index contributed by atoms with van der Waals surface area (Å²) in [5.74, 6) is 0. The lowest BCUT2D eigenvalue weighted by atomic mass is 10.2. The third-order valence-electron chi connectivity index (χ3n) is 3.11. The van der Waals surface area contributed by atoms with E-state index in [0.29, 0.717) is 11.5 Å². The fourth-order valence-corrected chi connectivity index (χ4v) is 3.23. The summed E-state index contributed by atoms with van der Waals surface area (Å²) in [5, 5.41) is 3.18. The van der Waals surface area contributed by atoms with E-state index in [2.05, 4.69) is 10.0 Å². The highest BCUT2D eigenvalue weighted by molar-refractivity contribution is 7.89. The fraction of sp³-hybridized carbons (Fsp3) is 0.538. The van der Waals surface area contributed by atoms with Gasteiger partial charge in [0, 0.05) is 25.4 Å². The lowest BCUT2D eigenvalue weighted by molar-refractivity contribution is 0.0799. The van der Waals surface area contributed by atoms with Gasteiger partial charge in [-0.1, -0.05) is 6.07 Å². The Hall–Kier alpha value is -1.11. The van der Waals surface area contributed by atoms with Gasteiger partial charge in [0.05, 0.1) is 11.0 Å². The summed E-state index contributed by atoms with van der Waals surface area (Å²) in [4.78, 5) is 0.296. The normalized spacial score (nSPS) is 15.9. The first-order chi connectivity index (χ1) is 9.03. The second-order valence-corrected chi connectivity index (χ2v) is 6.38. The molecular weight excluding hydrogens is 264 g/mol. The number of benzene rings is 1. The van der Waals surface area contributed by atoms with Crippen LogP contribution in [0.25, 0.3) is 0 Å². The molecule has 0 radical (unpaired) electrons. The van der Waals surface area contributed by atoms with Crippen molar-refractivity contribution in [1.82, 2.24) is 4.72 Å². The van der Waals surface area contributed by atoms with Crippen molar-refractivity contribution >= 4 is 15.7 Å². The molecule has 5 nitrogen and oxygen atoms in total. The molecule has 0 aromatic heterocycles. The third-order valence-corrected chi connectivity index (χ3v) is 4.53. The summed E-state index contributed by atoms with van der Waals surface area (Å²) < 4.78 is 32.2. The van der Waals surface area contributed by atoms with E-state index in [9.17, 15) is 8.42 Å². The van der Waals surface area contributed by atoms with Crippen LogP contribution in [0, 0.1) is 0 Å². The molecule has 1 aromatic rings. The molecule has 0 saturated carbocycles. The van der Waals surface area contributed by atoms with Gasteiger partial charge in [-0.3, -0.25) is 0 Å². The summed E-state index contributed by atoms with van der Waals surface area (Å²) in [6, 6.07) is 5.21. The Morgan fingerprint density at radius 3 is 3.00 bits per heavy atom. The van der Waals surface area contributed by atoms with E-state index in [1.807, 2.05) is 19.9 Å². The van der Waals surface area contributed by atoms with Gasteiger partial charge in [0.15, 0.2) is 0 Å². The van der Waals surface area contributed by atoms with Crippen LogP contribution in [0.1, 0.15) is 19.4 Å². The number of rotatable bonds is 6. The Bertz CT molecular complexity index is 543. The molecule has 6 heteroatoms. The van der Waals surface area contributed by atoms with Crippen LogP contribution in [0.3, 0.4) is 0 Å². The number of fused-ring (bicyclic) bond motifs is 1. The molecule has 0 amide bonds. The summed E-state index contributed by atoms with van der Waals surface area (Å²) in [5.41, 5.74) is 2.09. The van der Waals surface area contributed by atoms with Crippen molar-refractivity contribution < 1.29 is 13.2 Å². The lowest BCUT2D eigenvalue weighted by Crippen LogP contribution is -2.32. The van der Waals surface area contributed by atoms with Gasteiger partial charge in [-0.15, -0.1) is 0 Å². The highest BCUT2D eigenvalue weighted by Gasteiger charge is 2.18. The summed E-state index contributed by atoms with van der Waals surface area (Å²) >= 11 is 0. The summed E-state index contributed by atoms with van der Waals surface area (Å²) in [6.07, 6.45) is 0.817. The third kappa shape index (κ3) is 3.46. The fourth-order valence-electron chi connectivity index (χ4n) is 2.09. The van der Waals surface area contributed by atoms with Gasteiger partial charge in [-0.05, 0) is 38.0 Å². The molecule has 106 valence electrons. The monoisotopic (exact) mass is 284 g/mol. The largest absolute Gasteiger partial charge is 0.384 e. The zero-order valence-electron chi connectivity index (χ0n) is 11.3. The van der Waals surface area contributed by atoms with E-state index >= 15 is 0 Å². The van der Waals surface area contributed by atoms with Crippen LogP contribution in [0.5, 0.6) is 0 Å². The van der Waals surface area contributed by atoms with Gasteiger partial charge < -0.3 is 10.1 Å². The van der Waals surface area contributed by atoms with E-state index in [0.717, 1.165) is 18.7 Å². The molecular formula is C13H20N2O3S. The quantitative estimate of drug-likeness (QED) is 0.827. The van der Waals surface area contributed by atoms with Gasteiger partial charge in [-0.2, -0.15) is 0 Å². The number of sulfonamides is 1. The van der Waals surface area contributed by atoms with E-state index in [1.54, 1.807) is 12.1 Å². The molecule has 19 heavy (non-hydrogen) atoms. The number of anilines is 1. The molecule has 0 aliphatic carbocycles. The predicted molar refractivity (Wildman–Crippen MR) is 74.9 cm³/mol. The highest BCUT2D eigenvalue weighted by Crippen LogP contribution is 2.25. The number of nitrogens with one attached hydrogen (secondary N) is 2. The van der Waals surface area contributed by atoms with E-state index < -0.39 is 10.0 Å². The lowest BCUT2D eigenvalue weighted by Gasteiger charge is -2.13. The minimum Gasteiger partial charge on any atom is -0.384 e. The molecule has 0 fully saturated rings. The minimum atomic E-state index is -3.47. The van der Waals surface area contributed by atoms with Crippen LogP contribution in [0.15, 0.2) is 23.1 Å². The molecule has 2 rings (SSSR count). The van der Waals surface area contributed by atoms with Crippen LogP contribution in [0.4, 0.5) is 5.69 Å². The summed E-state index contributed by atoms with van der Waals surface area (Å²) in [6.45, 7) is 5.45. The first-order valence-electron chi connectivity index (χ1n) is 6.51. The van der Waals surface area contributed by atoms with Gasteiger partial charge in [0.1, 0.15) is 0 Å². The SMILES string of the molecule is CCOC(C)CNS(=O)(=O)c1ccc2c(c1)NCC2.